The molecule has 0 spiro atoms. The second kappa shape index (κ2) is 18.0. The molecule has 4 aromatic rings. The quantitative estimate of drug-likeness (QED) is 0.106. The fourth-order valence-electron chi connectivity index (χ4n) is 9.52. The molecule has 22 heteroatoms. The highest BCUT2D eigenvalue weighted by atomic mass is 32.1. The molecule has 9 rings (SSSR count). The zero-order chi connectivity index (χ0) is 46.2. The average Bonchev–Trinajstić information content (AvgIpc) is 4.01. The van der Waals surface area contributed by atoms with E-state index in [0.717, 1.165) is 12.8 Å². The number of rotatable bonds is 12. The van der Waals surface area contributed by atoms with Crippen molar-refractivity contribution in [1.82, 2.24) is 29.5 Å². The Morgan fingerprint density at radius 2 is 1.26 bits per heavy atom. The summed E-state index contributed by atoms with van der Waals surface area (Å²) in [5.74, 6) is 1.36. The maximum absolute atomic E-state index is 13.1. The van der Waals surface area contributed by atoms with E-state index in [1.165, 1.54) is 15.4 Å². The van der Waals surface area contributed by atoms with Crippen molar-refractivity contribution >= 4 is 50.6 Å². The van der Waals surface area contributed by atoms with Crippen LogP contribution in [-0.2, 0) is 4.74 Å². The SMILES string of the molecule is C[C@@H]1CN(c2nc(-n3ccc(OCCC4(C(F)(F)F)CC4)n3)ccc2C(=O)O)C(C)(C)C1.C[C@H]1CC(C)(C)N2c3nc(-n4ccc(OCCC5(C(F)(F)F)CC5)n4)ccc3C(=O)OC12.S.S. The number of carbonyl (C=O) groups is 2. The molecule has 3 aliphatic heterocycles. The number of fused-ring (bicyclic) bond motifs is 3. The molecular formula is C44H56F6N8O6S2. The van der Waals surface area contributed by atoms with Crippen LogP contribution in [0.25, 0.3) is 11.6 Å². The van der Waals surface area contributed by atoms with E-state index in [1.54, 1.807) is 42.7 Å². The van der Waals surface area contributed by atoms with Crippen LogP contribution in [0.3, 0.4) is 0 Å². The second-order valence-corrected chi connectivity index (χ2v) is 19.2. The van der Waals surface area contributed by atoms with E-state index in [9.17, 15) is 41.0 Å². The molecule has 7 heterocycles. The number of hydrogen-bond acceptors (Lipinski definition) is 11. The highest BCUT2D eigenvalue weighted by Gasteiger charge is 2.63. The van der Waals surface area contributed by atoms with Gasteiger partial charge < -0.3 is 29.1 Å². The van der Waals surface area contributed by atoms with Crippen molar-refractivity contribution in [2.75, 3.05) is 29.6 Å². The number of anilines is 2. The molecule has 4 fully saturated rings. The normalized spacial score (nSPS) is 22.7. The van der Waals surface area contributed by atoms with Crippen LogP contribution in [0.4, 0.5) is 38.0 Å². The summed E-state index contributed by atoms with van der Waals surface area (Å²) in [5, 5.41) is 18.2. The molecule has 1 N–H and O–H groups in total. The van der Waals surface area contributed by atoms with Crippen molar-refractivity contribution < 1.29 is 55.2 Å². The minimum absolute atomic E-state index is 0. The van der Waals surface area contributed by atoms with Gasteiger partial charge in [0, 0.05) is 48.1 Å². The lowest BCUT2D eigenvalue weighted by Gasteiger charge is -2.40. The van der Waals surface area contributed by atoms with Gasteiger partial charge in [-0.1, -0.05) is 13.8 Å². The first-order chi connectivity index (χ1) is 29.9. The first kappa shape index (κ1) is 50.6. The lowest BCUT2D eigenvalue weighted by Crippen LogP contribution is -2.49. The van der Waals surface area contributed by atoms with Crippen LogP contribution < -0.4 is 19.3 Å². The van der Waals surface area contributed by atoms with Crippen molar-refractivity contribution in [1.29, 1.82) is 0 Å². The molecule has 0 radical (unpaired) electrons. The number of halogens is 6. The number of nitrogens with zero attached hydrogens (tertiary/aromatic N) is 8. The third kappa shape index (κ3) is 9.76. The van der Waals surface area contributed by atoms with Crippen molar-refractivity contribution in [2.45, 2.75) is 123 Å². The minimum Gasteiger partial charge on any atom is -0.478 e. The number of aromatic nitrogens is 6. The molecule has 0 amide bonds. The van der Waals surface area contributed by atoms with E-state index in [-0.39, 0.29) is 119 Å². The van der Waals surface area contributed by atoms with Crippen LogP contribution in [0.2, 0.25) is 0 Å². The predicted octanol–water partition coefficient (Wildman–Crippen LogP) is 9.43. The smallest absolute Gasteiger partial charge is 0.394 e. The zero-order valence-corrected chi connectivity index (χ0v) is 39.5. The monoisotopic (exact) mass is 970 g/mol. The second-order valence-electron chi connectivity index (χ2n) is 19.2. The fraction of sp³-hybridized carbons (Fsp3) is 0.591. The summed E-state index contributed by atoms with van der Waals surface area (Å²) < 4.78 is 97.9. The number of esters is 1. The molecule has 0 bridgehead atoms. The van der Waals surface area contributed by atoms with Gasteiger partial charge in [-0.2, -0.15) is 53.3 Å². The van der Waals surface area contributed by atoms with Crippen LogP contribution in [0.1, 0.15) is 114 Å². The van der Waals surface area contributed by atoms with Gasteiger partial charge in [-0.3, -0.25) is 0 Å². The van der Waals surface area contributed by atoms with Gasteiger partial charge in [-0.05, 0) is 109 Å². The van der Waals surface area contributed by atoms with Crippen LogP contribution >= 0.6 is 27.0 Å². The summed E-state index contributed by atoms with van der Waals surface area (Å²) >= 11 is 0. The number of ether oxygens (including phenoxy) is 3. The van der Waals surface area contributed by atoms with Crippen LogP contribution in [0.15, 0.2) is 48.8 Å². The molecule has 2 saturated heterocycles. The van der Waals surface area contributed by atoms with Gasteiger partial charge in [0.1, 0.15) is 22.8 Å². The van der Waals surface area contributed by atoms with Crippen molar-refractivity contribution in [2.24, 2.45) is 22.7 Å². The van der Waals surface area contributed by atoms with Crippen LogP contribution in [-0.4, -0.2) is 96.0 Å². The average molecular weight is 971 g/mol. The van der Waals surface area contributed by atoms with E-state index in [4.69, 9.17) is 19.2 Å². The van der Waals surface area contributed by atoms with E-state index in [2.05, 4.69) is 56.7 Å². The Hall–Kier alpha value is -4.86. The Labute approximate surface area is 392 Å². The Bertz CT molecular complexity index is 2310. The van der Waals surface area contributed by atoms with Gasteiger partial charge in [0.25, 0.3) is 0 Å². The molecule has 5 aliphatic rings. The number of aromatic carboxylic acids is 1. The Morgan fingerprint density at radius 3 is 1.71 bits per heavy atom. The van der Waals surface area contributed by atoms with Gasteiger partial charge in [0.05, 0.1) is 24.0 Å². The molecule has 66 heavy (non-hydrogen) atoms. The molecule has 362 valence electrons. The summed E-state index contributed by atoms with van der Waals surface area (Å²) in [6, 6.07) is 9.53. The number of carboxylic acid groups (broad SMARTS) is 1. The third-order valence-corrected chi connectivity index (χ3v) is 13.3. The maximum Gasteiger partial charge on any atom is 0.394 e. The van der Waals surface area contributed by atoms with Gasteiger partial charge in [-0.15, -0.1) is 10.2 Å². The number of hydrogen-bond donors (Lipinski definition) is 1. The van der Waals surface area contributed by atoms with E-state index >= 15 is 0 Å². The standard InChI is InChI=1S/C22H25F3N4O3.C22H27F3N4O3.2H2S/c1-13-12-20(2,3)29-17-14(19(30)32-18(13)29)4-5-15(26-17)28-10-6-16(27-28)31-11-9-21(7-8-21)22(23,24)25;1-14-12-20(2,3)28(13-14)18-15(19(30)31)4-5-16(26-18)29-10-6-17(27-29)32-11-9-21(7-8-21)22(23,24)25;;/h4-6,10,13,18H,7-9,11-12H2,1-3H3;4-6,10,14H,7-9,11-13H2,1-3H3,(H,30,31);2*1H2/t13-,18?;14-;;/m00../s1. The molecule has 1 unspecified atom stereocenters. The topological polar surface area (TPSA) is 150 Å². The number of alkyl halides is 6. The largest absolute Gasteiger partial charge is 0.478 e. The predicted molar refractivity (Wildman–Crippen MR) is 241 cm³/mol. The highest BCUT2D eigenvalue weighted by Crippen LogP contribution is 2.60. The van der Waals surface area contributed by atoms with Gasteiger partial charge in [0.15, 0.2) is 17.9 Å². The first-order valence-electron chi connectivity index (χ1n) is 21.5. The fourth-order valence-corrected chi connectivity index (χ4v) is 9.52. The first-order valence-corrected chi connectivity index (χ1v) is 21.5. The Kier molecular flexibility index (Phi) is 13.8. The number of carboxylic acids is 1. The van der Waals surface area contributed by atoms with E-state index < -0.39 is 35.1 Å². The summed E-state index contributed by atoms with van der Waals surface area (Å²) in [4.78, 5) is 37.7. The molecule has 0 aromatic carbocycles. The summed E-state index contributed by atoms with van der Waals surface area (Å²) in [6.45, 7) is 13.0. The van der Waals surface area contributed by atoms with Crippen LogP contribution in [0, 0.1) is 22.7 Å². The molecule has 4 aromatic heterocycles. The van der Waals surface area contributed by atoms with E-state index in [0.29, 0.717) is 41.3 Å². The van der Waals surface area contributed by atoms with Crippen molar-refractivity contribution in [3.05, 3.63) is 59.9 Å². The molecule has 2 saturated carbocycles. The molecule has 2 aliphatic carbocycles. The molecular weight excluding hydrogens is 915 g/mol. The van der Waals surface area contributed by atoms with Crippen molar-refractivity contribution in [3.8, 4) is 23.4 Å². The third-order valence-electron chi connectivity index (χ3n) is 13.3. The Morgan fingerprint density at radius 1 is 0.758 bits per heavy atom. The van der Waals surface area contributed by atoms with Crippen molar-refractivity contribution in [3.63, 3.8) is 0 Å². The lowest BCUT2D eigenvalue weighted by atomic mass is 9.97. The highest BCUT2D eigenvalue weighted by molar-refractivity contribution is 7.59. The summed E-state index contributed by atoms with van der Waals surface area (Å²) in [6.07, 6.45) is -3.35. The van der Waals surface area contributed by atoms with Gasteiger partial charge in [0.2, 0.25) is 11.8 Å². The summed E-state index contributed by atoms with van der Waals surface area (Å²) in [7, 11) is 0. The van der Waals surface area contributed by atoms with Gasteiger partial charge in [-0.25, -0.2) is 28.9 Å². The lowest BCUT2D eigenvalue weighted by molar-refractivity contribution is -0.190. The van der Waals surface area contributed by atoms with E-state index in [1.807, 2.05) is 9.80 Å². The molecule has 14 nitrogen and oxygen atoms in total. The number of carbonyl (C=O) groups excluding carboxylic acids is 1. The number of pyridine rings is 2. The minimum atomic E-state index is -4.21. The maximum atomic E-state index is 13.1. The molecule has 3 atom stereocenters. The zero-order valence-electron chi connectivity index (χ0n) is 37.5. The van der Waals surface area contributed by atoms with Crippen LogP contribution in [0.5, 0.6) is 11.8 Å². The van der Waals surface area contributed by atoms with Gasteiger partial charge >= 0.3 is 24.3 Å². The summed E-state index contributed by atoms with van der Waals surface area (Å²) in [5.41, 5.74) is -3.18. The Balaban J connectivity index is 0.000000212.